The Morgan fingerprint density at radius 1 is 1.28 bits per heavy atom. The molecule has 1 aliphatic rings. The molecule has 18 heavy (non-hydrogen) atoms. The molecule has 0 spiro atoms. The van der Waals surface area contributed by atoms with Crippen LogP contribution >= 0.6 is 0 Å². The normalized spacial score (nSPS) is 38.4. The van der Waals surface area contributed by atoms with Gasteiger partial charge in [0.1, 0.15) is 24.4 Å². The van der Waals surface area contributed by atoms with E-state index >= 15 is 0 Å². The van der Waals surface area contributed by atoms with E-state index in [1.54, 1.807) is 6.92 Å². The molecule has 1 rings (SSSR count). The number of aliphatic hydroxyl groups excluding tert-OH is 5. The lowest BCUT2D eigenvalue weighted by molar-refractivity contribution is -0.303. The van der Waals surface area contributed by atoms with Crippen LogP contribution in [0.15, 0.2) is 12.2 Å². The van der Waals surface area contributed by atoms with Crippen molar-refractivity contribution in [3.05, 3.63) is 12.2 Å². The van der Waals surface area contributed by atoms with Crippen LogP contribution in [0.1, 0.15) is 6.92 Å². The second kappa shape index (κ2) is 6.58. The summed E-state index contributed by atoms with van der Waals surface area (Å²) in [7, 11) is 0. The van der Waals surface area contributed by atoms with Crippen LogP contribution in [0.2, 0.25) is 0 Å². The van der Waals surface area contributed by atoms with Crippen molar-refractivity contribution in [1.29, 1.82) is 0 Å². The van der Waals surface area contributed by atoms with E-state index in [0.717, 1.165) is 0 Å². The summed E-state index contributed by atoms with van der Waals surface area (Å²) in [5.41, 5.74) is 0.486. The van der Waals surface area contributed by atoms with Crippen LogP contribution in [-0.2, 0) is 9.47 Å². The number of rotatable bonds is 5. The van der Waals surface area contributed by atoms with Crippen LogP contribution in [0.4, 0.5) is 0 Å². The maximum absolute atomic E-state index is 9.63. The van der Waals surface area contributed by atoms with Gasteiger partial charge in [0.05, 0.1) is 19.3 Å². The Morgan fingerprint density at radius 3 is 2.39 bits per heavy atom. The number of ether oxygens (including phenoxy) is 2. The smallest absolute Gasteiger partial charge is 0.186 e. The molecular formula is C11H20O7. The van der Waals surface area contributed by atoms with Crippen molar-refractivity contribution in [2.45, 2.75) is 43.7 Å². The Kier molecular flexibility index (Phi) is 5.67. The molecule has 7 heteroatoms. The van der Waals surface area contributed by atoms with Crippen molar-refractivity contribution in [2.24, 2.45) is 0 Å². The minimum atomic E-state index is -1.48. The van der Waals surface area contributed by atoms with Gasteiger partial charge in [-0.2, -0.15) is 0 Å². The van der Waals surface area contributed by atoms with Gasteiger partial charge < -0.3 is 35.0 Å². The Labute approximate surface area is 105 Å². The van der Waals surface area contributed by atoms with Crippen LogP contribution in [0.5, 0.6) is 0 Å². The van der Waals surface area contributed by atoms with E-state index < -0.39 is 43.4 Å². The van der Waals surface area contributed by atoms with Crippen LogP contribution in [0.3, 0.4) is 0 Å². The first-order valence-corrected chi connectivity index (χ1v) is 5.64. The van der Waals surface area contributed by atoms with E-state index in [2.05, 4.69) is 6.58 Å². The molecule has 0 radical (unpaired) electrons. The minimum Gasteiger partial charge on any atom is -0.394 e. The van der Waals surface area contributed by atoms with Gasteiger partial charge in [-0.25, -0.2) is 0 Å². The van der Waals surface area contributed by atoms with Crippen molar-refractivity contribution in [1.82, 2.24) is 0 Å². The first-order valence-electron chi connectivity index (χ1n) is 5.64. The summed E-state index contributed by atoms with van der Waals surface area (Å²) in [5, 5.41) is 47.1. The highest BCUT2D eigenvalue weighted by Crippen LogP contribution is 2.22. The topological polar surface area (TPSA) is 120 Å². The zero-order valence-electron chi connectivity index (χ0n) is 10.1. The van der Waals surface area contributed by atoms with E-state index in [1.165, 1.54) is 0 Å². The quantitative estimate of drug-likeness (QED) is 0.355. The van der Waals surface area contributed by atoms with E-state index in [4.69, 9.17) is 14.6 Å². The molecule has 1 unspecified atom stereocenters. The summed E-state index contributed by atoms with van der Waals surface area (Å²) >= 11 is 0. The number of hydrogen-bond acceptors (Lipinski definition) is 7. The monoisotopic (exact) mass is 264 g/mol. The molecule has 0 saturated carbocycles. The fourth-order valence-electron chi connectivity index (χ4n) is 1.53. The molecule has 6 atom stereocenters. The van der Waals surface area contributed by atoms with Crippen molar-refractivity contribution >= 4 is 0 Å². The van der Waals surface area contributed by atoms with Crippen LogP contribution in [0.25, 0.3) is 0 Å². The van der Waals surface area contributed by atoms with Gasteiger partial charge >= 0.3 is 0 Å². The zero-order chi connectivity index (χ0) is 13.9. The largest absolute Gasteiger partial charge is 0.394 e. The lowest BCUT2D eigenvalue weighted by Gasteiger charge is -2.39. The summed E-state index contributed by atoms with van der Waals surface area (Å²) in [6.07, 6.45) is -7.53. The summed E-state index contributed by atoms with van der Waals surface area (Å²) in [6, 6.07) is 0. The first-order chi connectivity index (χ1) is 8.38. The molecule has 0 bridgehead atoms. The van der Waals surface area contributed by atoms with Gasteiger partial charge in [-0.05, 0) is 12.5 Å². The second-order valence-electron chi connectivity index (χ2n) is 4.39. The fourth-order valence-corrected chi connectivity index (χ4v) is 1.53. The van der Waals surface area contributed by atoms with Crippen molar-refractivity contribution in [2.75, 3.05) is 13.2 Å². The van der Waals surface area contributed by atoms with Crippen LogP contribution < -0.4 is 0 Å². The van der Waals surface area contributed by atoms with Crippen molar-refractivity contribution in [3.63, 3.8) is 0 Å². The molecule has 5 N–H and O–H groups in total. The van der Waals surface area contributed by atoms with Crippen molar-refractivity contribution in [3.8, 4) is 0 Å². The molecule has 0 aromatic rings. The van der Waals surface area contributed by atoms with Crippen LogP contribution in [0, 0.1) is 0 Å². The highest BCUT2D eigenvalue weighted by Gasteiger charge is 2.44. The van der Waals surface area contributed by atoms with E-state index in [9.17, 15) is 20.4 Å². The highest BCUT2D eigenvalue weighted by atomic mass is 16.7. The Balaban J connectivity index is 2.56. The zero-order valence-corrected chi connectivity index (χ0v) is 10.1. The maximum atomic E-state index is 9.63. The van der Waals surface area contributed by atoms with Gasteiger partial charge in [0.2, 0.25) is 0 Å². The molecule has 1 aliphatic heterocycles. The SMILES string of the molecule is C=C(C)C(O)CO[C@@H]1O[C@H](CO)[C@@H](O)[C@H](O)[C@H]1O. The molecule has 106 valence electrons. The van der Waals surface area contributed by atoms with E-state index in [0.29, 0.717) is 5.57 Å². The van der Waals surface area contributed by atoms with Gasteiger partial charge in [0.25, 0.3) is 0 Å². The summed E-state index contributed by atoms with van der Waals surface area (Å²) < 4.78 is 10.2. The predicted octanol–water partition coefficient (Wildman–Crippen LogP) is -2.26. The molecule has 0 aromatic heterocycles. The van der Waals surface area contributed by atoms with Crippen LogP contribution in [-0.4, -0.2) is 75.6 Å². The lowest BCUT2D eigenvalue weighted by Crippen LogP contribution is -2.59. The standard InChI is InChI=1S/C11H20O7/c1-5(2)6(13)4-17-11-10(16)9(15)8(14)7(3-12)18-11/h6-16H,1,3-4H2,2H3/t6?,7-,8-,9+,10-,11-/m1/s1. The van der Waals surface area contributed by atoms with E-state index in [-0.39, 0.29) is 6.61 Å². The molecule has 0 amide bonds. The summed E-state index contributed by atoms with van der Waals surface area (Å²) in [6.45, 7) is 4.46. The molecular weight excluding hydrogens is 244 g/mol. The van der Waals surface area contributed by atoms with Crippen molar-refractivity contribution < 1.29 is 35.0 Å². The fraction of sp³-hybridized carbons (Fsp3) is 0.818. The maximum Gasteiger partial charge on any atom is 0.186 e. The van der Waals surface area contributed by atoms with Gasteiger partial charge in [0, 0.05) is 0 Å². The van der Waals surface area contributed by atoms with Gasteiger partial charge in [-0.3, -0.25) is 0 Å². The minimum absolute atomic E-state index is 0.169. The third-order valence-electron chi connectivity index (χ3n) is 2.84. The molecule has 0 aliphatic carbocycles. The van der Waals surface area contributed by atoms with Gasteiger partial charge in [-0.1, -0.05) is 6.58 Å². The molecule has 1 saturated heterocycles. The average Bonchev–Trinajstić information content (AvgIpc) is 2.34. The summed E-state index contributed by atoms with van der Waals surface area (Å²) in [5.74, 6) is 0. The molecule has 0 aromatic carbocycles. The number of aliphatic hydroxyl groups is 5. The molecule has 1 fully saturated rings. The van der Waals surface area contributed by atoms with E-state index in [1.807, 2.05) is 0 Å². The third kappa shape index (κ3) is 3.48. The second-order valence-corrected chi connectivity index (χ2v) is 4.39. The predicted molar refractivity (Wildman–Crippen MR) is 60.5 cm³/mol. The molecule has 1 heterocycles. The Bertz CT molecular complexity index is 281. The Hall–Kier alpha value is -0.540. The molecule has 7 nitrogen and oxygen atoms in total. The van der Waals surface area contributed by atoms with Gasteiger partial charge in [0.15, 0.2) is 6.29 Å². The van der Waals surface area contributed by atoms with Gasteiger partial charge in [-0.15, -0.1) is 0 Å². The summed E-state index contributed by atoms with van der Waals surface area (Å²) in [4.78, 5) is 0. The lowest BCUT2D eigenvalue weighted by atomic mass is 9.99. The average molecular weight is 264 g/mol. The Morgan fingerprint density at radius 2 is 1.89 bits per heavy atom. The first kappa shape index (κ1) is 15.5. The number of hydrogen-bond donors (Lipinski definition) is 5. The third-order valence-corrected chi connectivity index (χ3v) is 2.84. The highest BCUT2D eigenvalue weighted by molar-refractivity contribution is 4.97.